The van der Waals surface area contributed by atoms with Crippen molar-refractivity contribution in [2.24, 2.45) is 4.99 Å². The predicted octanol–water partition coefficient (Wildman–Crippen LogP) is 3.73. The van der Waals surface area contributed by atoms with Crippen LogP contribution in [-0.2, 0) is 0 Å². The molecule has 0 unspecified atom stereocenters. The molecule has 2 heterocycles. The fourth-order valence-electron chi connectivity index (χ4n) is 2.37. The summed E-state index contributed by atoms with van der Waals surface area (Å²) in [6, 6.07) is 16.7. The molecular formula is C16H14ClN3S. The van der Waals surface area contributed by atoms with Crippen molar-refractivity contribution in [1.29, 1.82) is 0 Å². The van der Waals surface area contributed by atoms with Gasteiger partial charge in [-0.15, -0.1) is 23.7 Å². The molecule has 21 heavy (non-hydrogen) atoms. The second-order valence-electron chi connectivity index (χ2n) is 4.72. The van der Waals surface area contributed by atoms with Gasteiger partial charge in [0.1, 0.15) is 10.8 Å². The molecule has 0 spiro atoms. The Morgan fingerprint density at radius 2 is 1.86 bits per heavy atom. The Morgan fingerprint density at radius 1 is 1.00 bits per heavy atom. The zero-order valence-electron chi connectivity index (χ0n) is 11.2. The number of rotatable bonds is 2. The highest BCUT2D eigenvalue weighted by atomic mass is 35.5. The minimum absolute atomic E-state index is 0. The monoisotopic (exact) mass is 315 g/mol. The zero-order valence-corrected chi connectivity index (χ0v) is 12.9. The van der Waals surface area contributed by atoms with Gasteiger partial charge in [-0.1, -0.05) is 30.3 Å². The number of fused-ring (bicyclic) bond motifs is 1. The van der Waals surface area contributed by atoms with Gasteiger partial charge in [0.05, 0.1) is 16.8 Å². The van der Waals surface area contributed by atoms with Crippen LogP contribution in [0.4, 0.5) is 0 Å². The third kappa shape index (κ3) is 2.64. The standard InChI is InChI=1S/C16H13N3S.ClH/c1-2-4-11(5-3-1)16-19-13-7-6-12(10-14(13)20-16)15-17-8-9-18-15;/h1-7,10H,8-9H2,(H,17,18);1H. The lowest BCUT2D eigenvalue weighted by molar-refractivity contribution is 0.960. The molecule has 5 heteroatoms. The van der Waals surface area contributed by atoms with E-state index in [1.165, 1.54) is 10.3 Å². The van der Waals surface area contributed by atoms with Crippen LogP contribution in [0.25, 0.3) is 20.8 Å². The molecule has 0 bridgehead atoms. The Balaban J connectivity index is 0.00000132. The summed E-state index contributed by atoms with van der Waals surface area (Å²) in [6.45, 7) is 1.80. The Bertz CT molecular complexity index is 796. The molecule has 0 radical (unpaired) electrons. The molecule has 4 rings (SSSR count). The molecule has 0 saturated heterocycles. The number of amidine groups is 1. The first-order valence-corrected chi connectivity index (χ1v) is 7.46. The first kappa shape index (κ1) is 14.0. The summed E-state index contributed by atoms with van der Waals surface area (Å²) in [6.07, 6.45) is 0. The average molecular weight is 316 g/mol. The van der Waals surface area contributed by atoms with Crippen LogP contribution in [0, 0.1) is 0 Å². The summed E-state index contributed by atoms with van der Waals surface area (Å²) in [5, 5.41) is 4.38. The van der Waals surface area contributed by atoms with E-state index in [4.69, 9.17) is 4.98 Å². The van der Waals surface area contributed by atoms with E-state index in [9.17, 15) is 0 Å². The molecule has 3 aromatic rings. The Kier molecular flexibility index (Phi) is 3.90. The van der Waals surface area contributed by atoms with Gasteiger partial charge in [-0.3, -0.25) is 4.99 Å². The van der Waals surface area contributed by atoms with Crippen LogP contribution in [0.5, 0.6) is 0 Å². The maximum atomic E-state index is 4.71. The van der Waals surface area contributed by atoms with E-state index >= 15 is 0 Å². The maximum Gasteiger partial charge on any atom is 0.128 e. The van der Waals surface area contributed by atoms with E-state index in [0.29, 0.717) is 0 Å². The topological polar surface area (TPSA) is 37.3 Å². The van der Waals surface area contributed by atoms with Crippen LogP contribution < -0.4 is 5.32 Å². The third-order valence-electron chi connectivity index (χ3n) is 3.36. The lowest BCUT2D eigenvalue weighted by Gasteiger charge is -2.01. The van der Waals surface area contributed by atoms with Crippen molar-refractivity contribution in [3.05, 3.63) is 54.1 Å². The fraction of sp³-hybridized carbons (Fsp3) is 0.125. The molecule has 1 N–H and O–H groups in total. The average Bonchev–Trinajstić information content (AvgIpc) is 3.16. The zero-order chi connectivity index (χ0) is 13.4. The largest absolute Gasteiger partial charge is 0.368 e. The molecule has 1 aromatic heterocycles. The van der Waals surface area contributed by atoms with Crippen molar-refractivity contribution in [3.8, 4) is 10.6 Å². The summed E-state index contributed by atoms with van der Waals surface area (Å²) in [4.78, 5) is 9.18. The minimum Gasteiger partial charge on any atom is -0.368 e. The second kappa shape index (κ2) is 5.84. The van der Waals surface area contributed by atoms with E-state index in [1.807, 2.05) is 18.2 Å². The summed E-state index contributed by atoms with van der Waals surface area (Å²) in [7, 11) is 0. The van der Waals surface area contributed by atoms with Crippen LogP contribution in [0.2, 0.25) is 0 Å². The molecule has 1 aliphatic rings. The van der Waals surface area contributed by atoms with Gasteiger partial charge < -0.3 is 5.32 Å². The van der Waals surface area contributed by atoms with Gasteiger partial charge in [-0.05, 0) is 18.2 Å². The van der Waals surface area contributed by atoms with Crippen LogP contribution in [0.1, 0.15) is 5.56 Å². The first-order valence-electron chi connectivity index (χ1n) is 6.65. The molecule has 2 aromatic carbocycles. The highest BCUT2D eigenvalue weighted by Gasteiger charge is 2.11. The molecule has 0 fully saturated rings. The van der Waals surface area contributed by atoms with Gasteiger partial charge in [-0.25, -0.2) is 4.98 Å². The first-order chi connectivity index (χ1) is 9.90. The van der Waals surface area contributed by atoms with E-state index in [1.54, 1.807) is 11.3 Å². The molecule has 1 aliphatic heterocycles. The quantitative estimate of drug-likeness (QED) is 0.782. The molecule has 0 atom stereocenters. The van der Waals surface area contributed by atoms with Gasteiger partial charge in [0.2, 0.25) is 0 Å². The highest BCUT2D eigenvalue weighted by molar-refractivity contribution is 7.21. The summed E-state index contributed by atoms with van der Waals surface area (Å²) in [5.74, 6) is 1.00. The number of nitrogens with one attached hydrogen (secondary N) is 1. The minimum atomic E-state index is 0. The number of halogens is 1. The van der Waals surface area contributed by atoms with E-state index in [-0.39, 0.29) is 12.4 Å². The number of benzene rings is 2. The molecule has 0 saturated carbocycles. The van der Waals surface area contributed by atoms with Crippen molar-refractivity contribution >= 4 is 39.8 Å². The number of nitrogens with zero attached hydrogens (tertiary/aromatic N) is 2. The Hall–Kier alpha value is -1.91. The highest BCUT2D eigenvalue weighted by Crippen LogP contribution is 2.30. The smallest absolute Gasteiger partial charge is 0.128 e. The number of aromatic nitrogens is 1. The van der Waals surface area contributed by atoms with Crippen molar-refractivity contribution in [2.45, 2.75) is 0 Å². The number of hydrogen-bond acceptors (Lipinski definition) is 4. The Morgan fingerprint density at radius 3 is 2.62 bits per heavy atom. The number of thiazole rings is 1. The van der Waals surface area contributed by atoms with Gasteiger partial charge in [-0.2, -0.15) is 0 Å². The molecule has 0 aliphatic carbocycles. The van der Waals surface area contributed by atoms with Crippen LogP contribution in [0.3, 0.4) is 0 Å². The molecule has 106 valence electrons. The third-order valence-corrected chi connectivity index (χ3v) is 4.42. The van der Waals surface area contributed by atoms with Gasteiger partial charge in [0.15, 0.2) is 0 Å². The summed E-state index contributed by atoms with van der Waals surface area (Å²) in [5.41, 5.74) is 3.38. The maximum absolute atomic E-state index is 4.71. The predicted molar refractivity (Wildman–Crippen MR) is 91.7 cm³/mol. The van der Waals surface area contributed by atoms with E-state index < -0.39 is 0 Å². The van der Waals surface area contributed by atoms with E-state index in [0.717, 1.165) is 35.0 Å². The SMILES string of the molecule is Cl.c1ccc(-c2nc3ccc(C4=NCCN4)cc3s2)cc1. The lowest BCUT2D eigenvalue weighted by Crippen LogP contribution is -2.19. The van der Waals surface area contributed by atoms with Crippen LogP contribution in [0.15, 0.2) is 53.5 Å². The van der Waals surface area contributed by atoms with Crippen LogP contribution >= 0.6 is 23.7 Å². The van der Waals surface area contributed by atoms with Crippen molar-refractivity contribution < 1.29 is 0 Å². The number of hydrogen-bond donors (Lipinski definition) is 1. The summed E-state index contributed by atoms with van der Waals surface area (Å²) < 4.78 is 1.21. The van der Waals surface area contributed by atoms with Gasteiger partial charge in [0, 0.05) is 17.7 Å². The molecule has 3 nitrogen and oxygen atoms in total. The number of aliphatic imine (C=N–C) groups is 1. The van der Waals surface area contributed by atoms with Crippen molar-refractivity contribution in [3.63, 3.8) is 0 Å². The second-order valence-corrected chi connectivity index (χ2v) is 5.76. The molecular weight excluding hydrogens is 302 g/mol. The molecule has 0 amide bonds. The van der Waals surface area contributed by atoms with Gasteiger partial charge >= 0.3 is 0 Å². The summed E-state index contributed by atoms with van der Waals surface area (Å²) >= 11 is 1.73. The van der Waals surface area contributed by atoms with Crippen LogP contribution in [-0.4, -0.2) is 23.9 Å². The normalized spacial score (nSPS) is 13.6. The fourth-order valence-corrected chi connectivity index (χ4v) is 3.38. The van der Waals surface area contributed by atoms with Crippen molar-refractivity contribution in [2.75, 3.05) is 13.1 Å². The Labute approximate surface area is 133 Å². The lowest BCUT2D eigenvalue weighted by atomic mass is 10.2. The van der Waals surface area contributed by atoms with E-state index in [2.05, 4.69) is 40.6 Å². The van der Waals surface area contributed by atoms with Gasteiger partial charge in [0.25, 0.3) is 0 Å². The van der Waals surface area contributed by atoms with Crippen molar-refractivity contribution in [1.82, 2.24) is 10.3 Å².